The topological polar surface area (TPSA) is 64.8 Å². The fourth-order valence-electron chi connectivity index (χ4n) is 3.10. The molecule has 3 rings (SSSR count). The standard InChI is InChI=1S/C15H19FN2O3/c16-12-5-10(14-11(6-12)8-20-9-21-14)7-18-4-2-1-3-13(18)15(17)19/h5-6,13H,1-4,7-9H2,(H2,17,19). The number of halogens is 1. The van der Waals surface area contributed by atoms with Crippen molar-refractivity contribution in [1.82, 2.24) is 4.90 Å². The highest BCUT2D eigenvalue weighted by atomic mass is 19.1. The van der Waals surface area contributed by atoms with Crippen LogP contribution in [0.1, 0.15) is 30.4 Å². The highest BCUT2D eigenvalue weighted by Crippen LogP contribution is 2.31. The lowest BCUT2D eigenvalue weighted by atomic mass is 9.99. The summed E-state index contributed by atoms with van der Waals surface area (Å²) in [4.78, 5) is 13.6. The highest BCUT2D eigenvalue weighted by Gasteiger charge is 2.28. The SMILES string of the molecule is NC(=O)C1CCCCN1Cc1cc(F)cc2c1OCOC2. The van der Waals surface area contributed by atoms with Crippen LogP contribution in [0.4, 0.5) is 4.39 Å². The number of nitrogens with zero attached hydrogens (tertiary/aromatic N) is 1. The van der Waals surface area contributed by atoms with Crippen LogP contribution in [-0.2, 0) is 22.7 Å². The summed E-state index contributed by atoms with van der Waals surface area (Å²) < 4.78 is 24.4. The number of hydrogen-bond donors (Lipinski definition) is 1. The van der Waals surface area contributed by atoms with E-state index in [1.807, 2.05) is 4.90 Å². The van der Waals surface area contributed by atoms with Gasteiger partial charge in [0.1, 0.15) is 11.6 Å². The second kappa shape index (κ2) is 5.99. The van der Waals surface area contributed by atoms with Crippen molar-refractivity contribution in [2.75, 3.05) is 13.3 Å². The first kappa shape index (κ1) is 14.3. The van der Waals surface area contributed by atoms with Gasteiger partial charge in [-0.05, 0) is 31.5 Å². The molecule has 2 N–H and O–H groups in total. The Bertz CT molecular complexity index is 550. The molecule has 1 saturated heterocycles. The quantitative estimate of drug-likeness (QED) is 0.918. The Labute approximate surface area is 122 Å². The summed E-state index contributed by atoms with van der Waals surface area (Å²) in [6, 6.07) is 2.62. The Hall–Kier alpha value is -1.66. The van der Waals surface area contributed by atoms with Crippen LogP contribution in [-0.4, -0.2) is 30.2 Å². The normalized spacial score (nSPS) is 22.4. The number of amides is 1. The van der Waals surface area contributed by atoms with Crippen molar-refractivity contribution in [1.29, 1.82) is 0 Å². The third-order valence-electron chi connectivity index (χ3n) is 4.07. The van der Waals surface area contributed by atoms with Crippen LogP contribution in [0.2, 0.25) is 0 Å². The minimum absolute atomic E-state index is 0.172. The zero-order valence-electron chi connectivity index (χ0n) is 11.8. The Kier molecular flexibility index (Phi) is 4.07. The van der Waals surface area contributed by atoms with E-state index in [1.54, 1.807) is 0 Å². The zero-order valence-corrected chi connectivity index (χ0v) is 11.8. The number of hydrogen-bond acceptors (Lipinski definition) is 4. The second-order valence-corrected chi connectivity index (χ2v) is 5.55. The van der Waals surface area contributed by atoms with Crippen LogP contribution in [0, 0.1) is 5.82 Å². The number of fused-ring (bicyclic) bond motifs is 1. The molecule has 0 radical (unpaired) electrons. The van der Waals surface area contributed by atoms with Crippen molar-refractivity contribution < 1.29 is 18.7 Å². The first-order valence-corrected chi connectivity index (χ1v) is 7.20. The molecular weight excluding hydrogens is 275 g/mol. The van der Waals surface area contributed by atoms with Crippen molar-refractivity contribution in [3.8, 4) is 5.75 Å². The van der Waals surface area contributed by atoms with Gasteiger partial charge in [-0.15, -0.1) is 0 Å². The largest absolute Gasteiger partial charge is 0.467 e. The molecule has 114 valence electrons. The number of likely N-dealkylation sites (tertiary alicyclic amines) is 1. The van der Waals surface area contributed by atoms with Crippen molar-refractivity contribution >= 4 is 5.91 Å². The fraction of sp³-hybridized carbons (Fsp3) is 0.533. The van der Waals surface area contributed by atoms with Gasteiger partial charge in [0, 0.05) is 17.7 Å². The van der Waals surface area contributed by atoms with E-state index in [1.165, 1.54) is 12.1 Å². The predicted octanol–water partition coefficient (Wildman–Crippen LogP) is 1.53. The Morgan fingerprint density at radius 1 is 1.43 bits per heavy atom. The number of primary amides is 1. The van der Waals surface area contributed by atoms with E-state index in [9.17, 15) is 9.18 Å². The van der Waals surface area contributed by atoms with E-state index in [2.05, 4.69) is 0 Å². The molecule has 2 aliphatic rings. The van der Waals surface area contributed by atoms with Gasteiger partial charge in [0.15, 0.2) is 6.79 Å². The summed E-state index contributed by atoms with van der Waals surface area (Å²) in [5.74, 6) is 0.0474. The molecule has 0 spiro atoms. The third-order valence-corrected chi connectivity index (χ3v) is 4.07. The molecule has 1 atom stereocenters. The van der Waals surface area contributed by atoms with Crippen LogP contribution >= 0.6 is 0 Å². The second-order valence-electron chi connectivity index (χ2n) is 5.55. The van der Waals surface area contributed by atoms with Crippen LogP contribution in [0.15, 0.2) is 12.1 Å². The van der Waals surface area contributed by atoms with Crippen molar-refractivity contribution in [2.24, 2.45) is 5.73 Å². The Balaban J connectivity index is 1.86. The Morgan fingerprint density at radius 2 is 2.29 bits per heavy atom. The summed E-state index contributed by atoms with van der Waals surface area (Å²) in [5, 5.41) is 0. The van der Waals surface area contributed by atoms with Gasteiger partial charge in [-0.3, -0.25) is 9.69 Å². The average Bonchev–Trinajstić information content (AvgIpc) is 2.47. The highest BCUT2D eigenvalue weighted by molar-refractivity contribution is 5.79. The van der Waals surface area contributed by atoms with Crippen molar-refractivity contribution in [3.63, 3.8) is 0 Å². The van der Waals surface area contributed by atoms with Crippen LogP contribution < -0.4 is 10.5 Å². The van der Waals surface area contributed by atoms with E-state index in [0.717, 1.165) is 31.4 Å². The number of carbonyl (C=O) groups excluding carboxylic acids is 1. The molecule has 1 aromatic carbocycles. The maximum atomic E-state index is 13.7. The lowest BCUT2D eigenvalue weighted by Gasteiger charge is -2.34. The summed E-state index contributed by atoms with van der Waals surface area (Å²) in [5.41, 5.74) is 6.94. The molecule has 0 bridgehead atoms. The molecular formula is C15H19FN2O3. The maximum Gasteiger partial charge on any atom is 0.234 e. The number of rotatable bonds is 3. The van der Waals surface area contributed by atoms with Gasteiger partial charge in [0.2, 0.25) is 5.91 Å². The molecule has 0 saturated carbocycles. The molecule has 5 nitrogen and oxygen atoms in total. The molecule has 0 aliphatic carbocycles. The van der Waals surface area contributed by atoms with E-state index >= 15 is 0 Å². The monoisotopic (exact) mass is 294 g/mol. The van der Waals surface area contributed by atoms with Crippen LogP contribution in [0.25, 0.3) is 0 Å². The average molecular weight is 294 g/mol. The number of piperidine rings is 1. The molecule has 1 unspecified atom stereocenters. The summed E-state index contributed by atoms with van der Waals surface area (Å²) >= 11 is 0. The molecule has 2 heterocycles. The van der Waals surface area contributed by atoms with Crippen molar-refractivity contribution in [3.05, 3.63) is 29.1 Å². The van der Waals surface area contributed by atoms with E-state index in [0.29, 0.717) is 24.5 Å². The number of ether oxygens (including phenoxy) is 2. The van der Waals surface area contributed by atoms with E-state index in [-0.39, 0.29) is 24.6 Å². The lowest BCUT2D eigenvalue weighted by molar-refractivity contribution is -0.124. The molecule has 1 aromatic rings. The van der Waals surface area contributed by atoms with Gasteiger partial charge in [-0.2, -0.15) is 0 Å². The van der Waals surface area contributed by atoms with Gasteiger partial charge in [0.25, 0.3) is 0 Å². The van der Waals surface area contributed by atoms with E-state index in [4.69, 9.17) is 15.2 Å². The first-order chi connectivity index (χ1) is 10.1. The lowest BCUT2D eigenvalue weighted by Crippen LogP contribution is -2.47. The van der Waals surface area contributed by atoms with Crippen molar-refractivity contribution in [2.45, 2.75) is 38.5 Å². The predicted molar refractivity (Wildman–Crippen MR) is 73.9 cm³/mol. The minimum Gasteiger partial charge on any atom is -0.467 e. The third kappa shape index (κ3) is 3.01. The smallest absolute Gasteiger partial charge is 0.234 e. The summed E-state index contributed by atoms with van der Waals surface area (Å²) in [6.45, 7) is 1.77. The van der Waals surface area contributed by atoms with Gasteiger partial charge < -0.3 is 15.2 Å². The molecule has 2 aliphatic heterocycles. The van der Waals surface area contributed by atoms with Gasteiger partial charge in [-0.1, -0.05) is 6.42 Å². The molecule has 6 heteroatoms. The maximum absolute atomic E-state index is 13.7. The molecule has 1 amide bonds. The van der Waals surface area contributed by atoms with E-state index < -0.39 is 0 Å². The van der Waals surface area contributed by atoms with Crippen LogP contribution in [0.5, 0.6) is 5.75 Å². The molecule has 0 aromatic heterocycles. The van der Waals surface area contributed by atoms with Gasteiger partial charge in [-0.25, -0.2) is 4.39 Å². The molecule has 1 fully saturated rings. The van der Waals surface area contributed by atoms with Gasteiger partial charge >= 0.3 is 0 Å². The Morgan fingerprint density at radius 3 is 3.10 bits per heavy atom. The fourth-order valence-corrected chi connectivity index (χ4v) is 3.10. The number of nitrogens with two attached hydrogens (primary N) is 1. The minimum atomic E-state index is -0.316. The number of benzene rings is 1. The van der Waals surface area contributed by atoms with Gasteiger partial charge in [0.05, 0.1) is 12.6 Å². The first-order valence-electron chi connectivity index (χ1n) is 7.20. The number of carbonyl (C=O) groups is 1. The summed E-state index contributed by atoms with van der Waals surface area (Å²) in [6.07, 6.45) is 2.78. The zero-order chi connectivity index (χ0) is 14.8. The molecule has 21 heavy (non-hydrogen) atoms. The summed E-state index contributed by atoms with van der Waals surface area (Å²) in [7, 11) is 0. The van der Waals surface area contributed by atoms with Crippen LogP contribution in [0.3, 0.4) is 0 Å².